The van der Waals surface area contributed by atoms with E-state index in [9.17, 15) is 4.79 Å². The fraction of sp³-hybridized carbons (Fsp3) is 0.208. The Labute approximate surface area is 181 Å². The maximum Gasteiger partial charge on any atom is 0.319 e. The first kappa shape index (κ1) is 20.4. The molecule has 2 N–H and O–H groups in total. The molecule has 31 heavy (non-hydrogen) atoms. The predicted octanol–water partition coefficient (Wildman–Crippen LogP) is 4.43. The van der Waals surface area contributed by atoms with E-state index in [4.69, 9.17) is 9.72 Å². The van der Waals surface area contributed by atoms with Crippen LogP contribution < -0.4 is 15.4 Å². The van der Waals surface area contributed by atoms with Gasteiger partial charge in [0.25, 0.3) is 0 Å². The number of hydrogen-bond donors (Lipinski definition) is 2. The van der Waals surface area contributed by atoms with Crippen molar-refractivity contribution in [2.75, 3.05) is 12.4 Å². The fourth-order valence-electron chi connectivity index (χ4n) is 3.46. The fourth-order valence-corrected chi connectivity index (χ4v) is 3.46. The Hall–Kier alpha value is -3.87. The molecule has 0 atom stereocenters. The quantitative estimate of drug-likeness (QED) is 0.488. The molecule has 7 heteroatoms. The minimum absolute atomic E-state index is 0.277. The van der Waals surface area contributed by atoms with Crippen molar-refractivity contribution in [2.45, 2.75) is 26.9 Å². The summed E-state index contributed by atoms with van der Waals surface area (Å²) in [6, 6.07) is 19.3. The summed E-state index contributed by atoms with van der Waals surface area (Å²) in [5.74, 6) is 1.67. The molecule has 2 heterocycles. The Morgan fingerprint density at radius 2 is 1.77 bits per heavy atom. The minimum Gasteiger partial charge on any atom is -0.497 e. The average Bonchev–Trinajstić information content (AvgIpc) is 3.07. The highest BCUT2D eigenvalue weighted by Gasteiger charge is 2.14. The number of urea groups is 1. The molecule has 0 saturated carbocycles. The highest BCUT2D eigenvalue weighted by atomic mass is 16.5. The lowest BCUT2D eigenvalue weighted by atomic mass is 10.2. The molecule has 0 aliphatic carbocycles. The molecule has 4 rings (SSSR count). The molecule has 0 bridgehead atoms. The van der Waals surface area contributed by atoms with E-state index in [2.05, 4.69) is 20.2 Å². The molecule has 2 aromatic carbocycles. The number of nitrogens with one attached hydrogen (secondary N) is 2. The van der Waals surface area contributed by atoms with Crippen molar-refractivity contribution >= 4 is 22.9 Å². The van der Waals surface area contributed by atoms with Crippen LogP contribution in [0.1, 0.15) is 22.6 Å². The molecule has 2 amide bonds. The number of imidazole rings is 1. The second kappa shape index (κ2) is 8.87. The molecule has 7 nitrogen and oxygen atoms in total. The van der Waals surface area contributed by atoms with Crippen LogP contribution in [0.2, 0.25) is 0 Å². The molecule has 0 aliphatic heterocycles. The van der Waals surface area contributed by atoms with E-state index in [1.807, 2.05) is 74.5 Å². The normalized spacial score (nSPS) is 10.8. The third-order valence-corrected chi connectivity index (χ3v) is 5.12. The van der Waals surface area contributed by atoms with E-state index in [-0.39, 0.29) is 6.03 Å². The Morgan fingerprint density at radius 1 is 1.00 bits per heavy atom. The van der Waals surface area contributed by atoms with Crippen molar-refractivity contribution < 1.29 is 9.53 Å². The van der Waals surface area contributed by atoms with Crippen LogP contribution in [0.5, 0.6) is 5.75 Å². The van der Waals surface area contributed by atoms with Crippen molar-refractivity contribution in [3.8, 4) is 5.75 Å². The minimum atomic E-state index is -0.277. The first-order valence-corrected chi connectivity index (χ1v) is 10.1. The van der Waals surface area contributed by atoms with Crippen molar-refractivity contribution in [3.05, 3.63) is 83.3 Å². The van der Waals surface area contributed by atoms with E-state index in [1.54, 1.807) is 7.11 Å². The van der Waals surface area contributed by atoms with Gasteiger partial charge in [0.1, 0.15) is 17.1 Å². The zero-order chi connectivity index (χ0) is 21.8. The van der Waals surface area contributed by atoms with Gasteiger partial charge in [0.05, 0.1) is 25.0 Å². The monoisotopic (exact) mass is 415 g/mol. The van der Waals surface area contributed by atoms with Crippen molar-refractivity contribution in [3.63, 3.8) is 0 Å². The van der Waals surface area contributed by atoms with Gasteiger partial charge >= 0.3 is 6.03 Å². The molecule has 0 aliphatic rings. The molecular weight excluding hydrogens is 390 g/mol. The van der Waals surface area contributed by atoms with Crippen LogP contribution in [0.4, 0.5) is 10.5 Å². The second-order valence-electron chi connectivity index (χ2n) is 7.35. The van der Waals surface area contributed by atoms with Gasteiger partial charge in [-0.25, -0.2) is 14.8 Å². The van der Waals surface area contributed by atoms with Crippen molar-refractivity contribution in [1.29, 1.82) is 0 Å². The number of ether oxygens (including phenoxy) is 1. The number of carbonyl (C=O) groups excluding carboxylic acids is 1. The summed E-state index contributed by atoms with van der Waals surface area (Å²) in [5.41, 5.74) is 5.04. The smallest absolute Gasteiger partial charge is 0.319 e. The number of fused-ring (bicyclic) bond motifs is 1. The largest absolute Gasteiger partial charge is 0.497 e. The van der Waals surface area contributed by atoms with Crippen LogP contribution in [-0.4, -0.2) is 27.7 Å². The Kier molecular flexibility index (Phi) is 5.84. The molecule has 0 spiro atoms. The number of benzene rings is 2. The number of aryl methyl sites for hydroxylation is 2. The van der Waals surface area contributed by atoms with Crippen LogP contribution in [0.25, 0.3) is 11.2 Å². The zero-order valence-corrected chi connectivity index (χ0v) is 17.8. The third kappa shape index (κ3) is 4.66. The predicted molar refractivity (Wildman–Crippen MR) is 121 cm³/mol. The lowest BCUT2D eigenvalue weighted by molar-refractivity contribution is 0.251. The summed E-state index contributed by atoms with van der Waals surface area (Å²) in [7, 11) is 1.66. The van der Waals surface area contributed by atoms with Gasteiger partial charge in [-0.1, -0.05) is 42.5 Å². The van der Waals surface area contributed by atoms with E-state index in [0.717, 1.165) is 39.6 Å². The number of aromatic nitrogens is 3. The Morgan fingerprint density at radius 3 is 2.55 bits per heavy atom. The summed E-state index contributed by atoms with van der Waals surface area (Å²) >= 11 is 0. The Balaban J connectivity index is 1.53. The average molecular weight is 415 g/mol. The van der Waals surface area contributed by atoms with Crippen LogP contribution in [0.3, 0.4) is 0 Å². The number of pyridine rings is 1. The number of anilines is 1. The first-order chi connectivity index (χ1) is 15.0. The standard InChI is InChI=1S/C24H25N5O2/c1-16-21(28-24(30)25-14-18-8-5-4-6-9-18)13-22-23(26-16)29(17(2)27-22)15-19-10-7-11-20(12-19)31-3/h4-13H,14-15H2,1-3H3,(H2,25,28,30). The van der Waals surface area contributed by atoms with Gasteiger partial charge in [-0.2, -0.15) is 0 Å². The van der Waals surface area contributed by atoms with Gasteiger partial charge in [-0.3, -0.25) is 0 Å². The molecule has 0 radical (unpaired) electrons. The van der Waals surface area contributed by atoms with Crippen molar-refractivity contribution in [2.24, 2.45) is 0 Å². The number of methoxy groups -OCH3 is 1. The van der Waals surface area contributed by atoms with Gasteiger partial charge < -0.3 is 19.9 Å². The van der Waals surface area contributed by atoms with E-state index in [1.165, 1.54) is 0 Å². The molecule has 0 unspecified atom stereocenters. The Bertz CT molecular complexity index is 1220. The second-order valence-corrected chi connectivity index (χ2v) is 7.35. The highest BCUT2D eigenvalue weighted by molar-refractivity contribution is 5.92. The number of rotatable bonds is 6. The topological polar surface area (TPSA) is 81.1 Å². The number of nitrogens with zero attached hydrogens (tertiary/aromatic N) is 3. The summed E-state index contributed by atoms with van der Waals surface area (Å²) in [4.78, 5) is 21.7. The molecule has 0 saturated heterocycles. The van der Waals surface area contributed by atoms with Crippen LogP contribution in [0, 0.1) is 13.8 Å². The summed E-state index contributed by atoms with van der Waals surface area (Å²) < 4.78 is 7.39. The van der Waals surface area contributed by atoms with Gasteiger partial charge in [0, 0.05) is 6.54 Å². The summed E-state index contributed by atoms with van der Waals surface area (Å²) in [6.07, 6.45) is 0. The summed E-state index contributed by atoms with van der Waals surface area (Å²) in [5, 5.41) is 5.76. The van der Waals surface area contributed by atoms with Gasteiger partial charge in [0.2, 0.25) is 0 Å². The molecule has 2 aromatic heterocycles. The first-order valence-electron chi connectivity index (χ1n) is 10.1. The van der Waals surface area contributed by atoms with Gasteiger partial charge in [-0.05, 0) is 43.2 Å². The number of amides is 2. The molecular formula is C24H25N5O2. The zero-order valence-electron chi connectivity index (χ0n) is 17.8. The van der Waals surface area contributed by atoms with Crippen LogP contribution in [0.15, 0.2) is 60.7 Å². The maximum absolute atomic E-state index is 12.4. The lowest BCUT2D eigenvalue weighted by Crippen LogP contribution is -2.28. The molecule has 0 fully saturated rings. The van der Waals surface area contributed by atoms with E-state index < -0.39 is 0 Å². The van der Waals surface area contributed by atoms with Gasteiger partial charge in [0.15, 0.2) is 5.65 Å². The number of carbonyl (C=O) groups is 1. The SMILES string of the molecule is COc1cccc(Cn2c(C)nc3cc(NC(=O)NCc4ccccc4)c(C)nc32)c1. The third-order valence-electron chi connectivity index (χ3n) is 5.12. The number of hydrogen-bond acceptors (Lipinski definition) is 4. The van der Waals surface area contributed by atoms with Crippen molar-refractivity contribution in [1.82, 2.24) is 19.9 Å². The highest BCUT2D eigenvalue weighted by Crippen LogP contribution is 2.23. The summed E-state index contributed by atoms with van der Waals surface area (Å²) in [6.45, 7) is 4.92. The van der Waals surface area contributed by atoms with Crippen LogP contribution in [-0.2, 0) is 13.1 Å². The van der Waals surface area contributed by atoms with E-state index in [0.29, 0.717) is 18.8 Å². The van der Waals surface area contributed by atoms with Crippen LogP contribution >= 0.6 is 0 Å². The maximum atomic E-state index is 12.4. The molecule has 158 valence electrons. The van der Waals surface area contributed by atoms with Gasteiger partial charge in [-0.15, -0.1) is 0 Å². The lowest BCUT2D eigenvalue weighted by Gasteiger charge is -2.11. The molecule has 4 aromatic rings. The van der Waals surface area contributed by atoms with E-state index >= 15 is 0 Å².